The van der Waals surface area contributed by atoms with E-state index in [1.54, 1.807) is 0 Å². The SMILES string of the molecule is CCCCCCCCCCCCCCCCCCC(O)(CCCCCCCCCCCCCCCCCC)C[N+](C)(C)C. The van der Waals surface area contributed by atoms with E-state index in [1.165, 1.54) is 205 Å². The van der Waals surface area contributed by atoms with E-state index in [0.29, 0.717) is 0 Å². The maximum atomic E-state index is 11.6. The molecule has 0 aliphatic rings. The Labute approximate surface area is 274 Å². The molecular weight excluding hydrogens is 522 g/mol. The highest BCUT2D eigenvalue weighted by molar-refractivity contribution is 4.78. The van der Waals surface area contributed by atoms with Gasteiger partial charge in [0, 0.05) is 0 Å². The van der Waals surface area contributed by atoms with Gasteiger partial charge in [0.05, 0.1) is 21.1 Å². The molecule has 0 aromatic heterocycles. The summed E-state index contributed by atoms with van der Waals surface area (Å²) >= 11 is 0. The van der Waals surface area contributed by atoms with Gasteiger partial charge in [-0.1, -0.05) is 219 Å². The summed E-state index contributed by atoms with van der Waals surface area (Å²) in [5.41, 5.74) is -0.468. The summed E-state index contributed by atoms with van der Waals surface area (Å²) < 4.78 is 0.869. The summed E-state index contributed by atoms with van der Waals surface area (Å²) in [5.74, 6) is 0. The summed E-state index contributed by atoms with van der Waals surface area (Å²) in [7, 11) is 6.73. The van der Waals surface area contributed by atoms with Crippen molar-refractivity contribution in [3.63, 3.8) is 0 Å². The Bertz CT molecular complexity index is 488. The van der Waals surface area contributed by atoms with Crippen molar-refractivity contribution in [2.45, 2.75) is 238 Å². The molecule has 2 nitrogen and oxygen atoms in total. The van der Waals surface area contributed by atoms with Gasteiger partial charge >= 0.3 is 0 Å². The summed E-state index contributed by atoms with van der Waals surface area (Å²) in [6.07, 6.45) is 47.1. The smallest absolute Gasteiger partial charge is 0.113 e. The van der Waals surface area contributed by atoms with Gasteiger partial charge in [-0.05, 0) is 12.8 Å². The van der Waals surface area contributed by atoms with Crippen LogP contribution in [-0.2, 0) is 0 Å². The van der Waals surface area contributed by atoms with Crippen molar-refractivity contribution in [1.82, 2.24) is 0 Å². The lowest BCUT2D eigenvalue weighted by Crippen LogP contribution is -2.49. The third-order valence-corrected chi connectivity index (χ3v) is 9.76. The first-order chi connectivity index (χ1) is 20.8. The quantitative estimate of drug-likeness (QED) is 0.0554. The van der Waals surface area contributed by atoms with Crippen molar-refractivity contribution in [1.29, 1.82) is 0 Å². The molecule has 0 aromatic carbocycles. The average Bonchev–Trinajstić information content (AvgIpc) is 2.96. The van der Waals surface area contributed by atoms with E-state index in [4.69, 9.17) is 0 Å². The van der Waals surface area contributed by atoms with Crippen LogP contribution >= 0.6 is 0 Å². The molecule has 43 heavy (non-hydrogen) atoms. The Morgan fingerprint density at radius 3 is 0.698 bits per heavy atom. The highest BCUT2D eigenvalue weighted by Crippen LogP contribution is 2.26. The summed E-state index contributed by atoms with van der Waals surface area (Å²) in [4.78, 5) is 0. The van der Waals surface area contributed by atoms with Crippen LogP contribution in [0.25, 0.3) is 0 Å². The van der Waals surface area contributed by atoms with E-state index in [0.717, 1.165) is 23.9 Å². The molecule has 0 heterocycles. The Hall–Kier alpha value is -0.0800. The van der Waals surface area contributed by atoms with Crippen LogP contribution in [0, 0.1) is 0 Å². The number of unbranched alkanes of at least 4 members (excludes halogenated alkanes) is 30. The van der Waals surface area contributed by atoms with Crippen molar-refractivity contribution in [3.05, 3.63) is 0 Å². The largest absolute Gasteiger partial charge is 0.384 e. The lowest BCUT2D eigenvalue weighted by molar-refractivity contribution is -0.877. The van der Waals surface area contributed by atoms with E-state index < -0.39 is 5.60 Å². The van der Waals surface area contributed by atoms with Crippen molar-refractivity contribution in [2.75, 3.05) is 27.7 Å². The maximum absolute atomic E-state index is 11.6. The molecule has 2 heteroatoms. The highest BCUT2D eigenvalue weighted by atomic mass is 16.3. The van der Waals surface area contributed by atoms with Gasteiger partial charge in [0.1, 0.15) is 12.1 Å². The fraction of sp³-hybridized carbons (Fsp3) is 1.00. The first-order valence-electron chi connectivity index (χ1n) is 20.4. The summed E-state index contributed by atoms with van der Waals surface area (Å²) in [6.45, 7) is 5.50. The molecular formula is C41H86NO+. The monoisotopic (exact) mass is 609 g/mol. The molecule has 0 unspecified atom stereocenters. The standard InChI is InChI=1S/C41H86NO/c1-6-8-10-12-14-16-18-20-22-24-26-28-30-32-34-36-38-41(43,40-42(3,4)5)39-37-35-33-31-29-27-25-23-21-19-17-15-13-11-9-7-2/h43H,6-40H2,1-5H3/q+1. The molecule has 0 rings (SSSR count). The third kappa shape index (κ3) is 34.6. The third-order valence-electron chi connectivity index (χ3n) is 9.76. The zero-order chi connectivity index (χ0) is 31.7. The molecule has 0 radical (unpaired) electrons. The van der Waals surface area contributed by atoms with E-state index in [9.17, 15) is 5.11 Å². The topological polar surface area (TPSA) is 20.2 Å². The fourth-order valence-electron chi connectivity index (χ4n) is 7.17. The van der Waals surface area contributed by atoms with Gasteiger partial charge in [0.15, 0.2) is 0 Å². The summed E-state index contributed by atoms with van der Waals surface area (Å²) in [6, 6.07) is 0. The van der Waals surface area contributed by atoms with Gasteiger partial charge in [-0.3, -0.25) is 0 Å². The van der Waals surface area contributed by atoms with Crippen molar-refractivity contribution < 1.29 is 9.59 Å². The second kappa shape index (κ2) is 31.9. The maximum Gasteiger partial charge on any atom is 0.113 e. The second-order valence-electron chi connectivity index (χ2n) is 15.8. The lowest BCUT2D eigenvalue weighted by Gasteiger charge is -2.36. The highest BCUT2D eigenvalue weighted by Gasteiger charge is 2.32. The normalized spacial score (nSPS) is 12.4. The number of rotatable bonds is 36. The average molecular weight is 609 g/mol. The Kier molecular flexibility index (Phi) is 31.8. The molecule has 0 saturated carbocycles. The molecule has 0 bridgehead atoms. The molecule has 0 fully saturated rings. The molecule has 0 aliphatic heterocycles. The molecule has 0 amide bonds. The molecule has 0 aliphatic carbocycles. The molecule has 0 saturated heterocycles. The number of quaternary nitrogens is 1. The van der Waals surface area contributed by atoms with Crippen LogP contribution in [0.3, 0.4) is 0 Å². The van der Waals surface area contributed by atoms with Crippen molar-refractivity contribution >= 4 is 0 Å². The van der Waals surface area contributed by atoms with Crippen LogP contribution in [0.1, 0.15) is 232 Å². The minimum absolute atomic E-state index is 0.468. The van der Waals surface area contributed by atoms with E-state index >= 15 is 0 Å². The van der Waals surface area contributed by atoms with Crippen LogP contribution in [0.4, 0.5) is 0 Å². The van der Waals surface area contributed by atoms with Crippen LogP contribution < -0.4 is 0 Å². The number of hydrogen-bond acceptors (Lipinski definition) is 1. The second-order valence-corrected chi connectivity index (χ2v) is 15.8. The van der Waals surface area contributed by atoms with Gasteiger partial charge < -0.3 is 9.59 Å². The molecule has 0 spiro atoms. The van der Waals surface area contributed by atoms with Gasteiger partial charge in [0.25, 0.3) is 0 Å². The number of likely N-dealkylation sites (N-methyl/N-ethyl adjacent to an activating group) is 1. The van der Waals surface area contributed by atoms with Gasteiger partial charge in [0.2, 0.25) is 0 Å². The van der Waals surface area contributed by atoms with Gasteiger partial charge in [-0.15, -0.1) is 0 Å². The van der Waals surface area contributed by atoms with E-state index in [1.807, 2.05) is 0 Å². The predicted molar refractivity (Wildman–Crippen MR) is 196 cm³/mol. The van der Waals surface area contributed by atoms with Gasteiger partial charge in [-0.2, -0.15) is 0 Å². The number of nitrogens with zero attached hydrogens (tertiary/aromatic N) is 1. The first-order valence-corrected chi connectivity index (χ1v) is 20.4. The zero-order valence-corrected chi connectivity index (χ0v) is 31.1. The molecule has 0 atom stereocenters. The minimum Gasteiger partial charge on any atom is -0.384 e. The Morgan fingerprint density at radius 2 is 0.512 bits per heavy atom. The molecule has 1 N–H and O–H groups in total. The van der Waals surface area contributed by atoms with E-state index in [-0.39, 0.29) is 0 Å². The van der Waals surface area contributed by atoms with Crippen LogP contribution in [0.15, 0.2) is 0 Å². The summed E-state index contributed by atoms with van der Waals surface area (Å²) in [5, 5.41) is 11.6. The van der Waals surface area contributed by atoms with Crippen LogP contribution in [-0.4, -0.2) is 42.9 Å². The van der Waals surface area contributed by atoms with Crippen LogP contribution in [0.5, 0.6) is 0 Å². The van der Waals surface area contributed by atoms with Gasteiger partial charge in [-0.25, -0.2) is 0 Å². The Morgan fingerprint density at radius 1 is 0.326 bits per heavy atom. The molecule has 0 aromatic rings. The predicted octanol–water partition coefficient (Wildman–Crippen LogP) is 13.7. The number of aliphatic hydroxyl groups is 1. The zero-order valence-electron chi connectivity index (χ0n) is 31.1. The van der Waals surface area contributed by atoms with Crippen LogP contribution in [0.2, 0.25) is 0 Å². The first kappa shape index (κ1) is 42.9. The molecule has 260 valence electrons. The Balaban J connectivity index is 3.71. The minimum atomic E-state index is -0.468. The lowest BCUT2D eigenvalue weighted by atomic mass is 9.88. The number of hydrogen-bond donors (Lipinski definition) is 1. The van der Waals surface area contributed by atoms with E-state index in [2.05, 4.69) is 35.0 Å². The van der Waals surface area contributed by atoms with Crippen molar-refractivity contribution in [3.8, 4) is 0 Å². The van der Waals surface area contributed by atoms with Crippen molar-refractivity contribution in [2.24, 2.45) is 0 Å². The fourth-order valence-corrected chi connectivity index (χ4v) is 7.17.